The Morgan fingerprint density at radius 3 is 2.75 bits per heavy atom. The third-order valence-electron chi connectivity index (χ3n) is 3.59. The van der Waals surface area contributed by atoms with E-state index in [4.69, 9.17) is 0 Å². The molecule has 0 spiro atoms. The van der Waals surface area contributed by atoms with Gasteiger partial charge in [-0.1, -0.05) is 30.3 Å². The Morgan fingerprint density at radius 1 is 1.20 bits per heavy atom. The molecular weight excluding hydrogens is 248 g/mol. The standard InChI is InChI=1S/C16H24N4/c1-3-20-13-18-19-16(20)11-12-17-14(2)9-10-15-7-5-4-6-8-15/h4-8,13-14,17H,3,9-12H2,1-2H3/t14-/m1/s1. The third-order valence-corrected chi connectivity index (χ3v) is 3.59. The van der Waals surface area contributed by atoms with Gasteiger partial charge in [-0.05, 0) is 32.3 Å². The van der Waals surface area contributed by atoms with E-state index in [1.54, 1.807) is 6.33 Å². The first-order valence-electron chi connectivity index (χ1n) is 7.43. The van der Waals surface area contributed by atoms with Crippen LogP contribution < -0.4 is 5.32 Å². The van der Waals surface area contributed by atoms with Gasteiger partial charge in [0.1, 0.15) is 12.2 Å². The van der Waals surface area contributed by atoms with Crippen LogP contribution in [0.5, 0.6) is 0 Å². The van der Waals surface area contributed by atoms with Crippen molar-refractivity contribution in [3.8, 4) is 0 Å². The summed E-state index contributed by atoms with van der Waals surface area (Å²) in [5.41, 5.74) is 1.41. The predicted octanol–water partition coefficient (Wildman–Crippen LogP) is 2.45. The van der Waals surface area contributed by atoms with Crippen LogP contribution in [-0.4, -0.2) is 27.4 Å². The molecule has 0 aliphatic heterocycles. The average molecular weight is 272 g/mol. The Morgan fingerprint density at radius 2 is 2.00 bits per heavy atom. The van der Waals surface area contributed by atoms with E-state index in [0.29, 0.717) is 6.04 Å². The average Bonchev–Trinajstić information content (AvgIpc) is 2.94. The molecule has 4 heteroatoms. The number of rotatable bonds is 8. The molecule has 1 aromatic heterocycles. The molecule has 1 heterocycles. The molecule has 20 heavy (non-hydrogen) atoms. The van der Waals surface area contributed by atoms with Crippen molar-refractivity contribution in [1.82, 2.24) is 20.1 Å². The molecule has 0 aliphatic carbocycles. The second kappa shape index (κ2) is 7.80. The summed E-state index contributed by atoms with van der Waals surface area (Å²) >= 11 is 0. The van der Waals surface area contributed by atoms with Crippen LogP contribution in [0.4, 0.5) is 0 Å². The van der Waals surface area contributed by atoms with Gasteiger partial charge in [-0.15, -0.1) is 10.2 Å². The third kappa shape index (κ3) is 4.46. The lowest BCUT2D eigenvalue weighted by Gasteiger charge is -2.13. The van der Waals surface area contributed by atoms with E-state index in [1.807, 2.05) is 0 Å². The van der Waals surface area contributed by atoms with Gasteiger partial charge >= 0.3 is 0 Å². The molecule has 108 valence electrons. The highest BCUT2D eigenvalue weighted by molar-refractivity contribution is 5.14. The van der Waals surface area contributed by atoms with E-state index < -0.39 is 0 Å². The normalized spacial score (nSPS) is 12.5. The van der Waals surface area contributed by atoms with E-state index in [2.05, 4.69) is 64.3 Å². The number of hydrogen-bond acceptors (Lipinski definition) is 3. The van der Waals surface area contributed by atoms with E-state index in [9.17, 15) is 0 Å². The maximum Gasteiger partial charge on any atom is 0.134 e. The number of aryl methyl sites for hydroxylation is 2. The minimum atomic E-state index is 0.521. The molecule has 0 saturated carbocycles. The zero-order chi connectivity index (χ0) is 14.2. The largest absolute Gasteiger partial charge is 0.318 e. The van der Waals surface area contributed by atoms with Crippen molar-refractivity contribution in [2.24, 2.45) is 0 Å². The van der Waals surface area contributed by atoms with Crippen molar-refractivity contribution in [2.45, 2.75) is 45.7 Å². The lowest BCUT2D eigenvalue weighted by Crippen LogP contribution is -2.29. The van der Waals surface area contributed by atoms with Gasteiger partial charge < -0.3 is 9.88 Å². The number of aromatic nitrogens is 3. The van der Waals surface area contributed by atoms with Crippen LogP contribution in [0.1, 0.15) is 31.7 Å². The van der Waals surface area contributed by atoms with Gasteiger partial charge in [-0.3, -0.25) is 0 Å². The summed E-state index contributed by atoms with van der Waals surface area (Å²) in [6, 6.07) is 11.2. The smallest absolute Gasteiger partial charge is 0.134 e. The van der Waals surface area contributed by atoms with Crippen LogP contribution in [0.25, 0.3) is 0 Å². The van der Waals surface area contributed by atoms with Gasteiger partial charge in [0.25, 0.3) is 0 Å². The predicted molar refractivity (Wildman–Crippen MR) is 81.6 cm³/mol. The summed E-state index contributed by atoms with van der Waals surface area (Å²) in [5.74, 6) is 1.07. The molecule has 0 fully saturated rings. The summed E-state index contributed by atoms with van der Waals surface area (Å²) in [6.07, 6.45) is 5.02. The van der Waals surface area contributed by atoms with Crippen molar-refractivity contribution in [3.63, 3.8) is 0 Å². The fourth-order valence-corrected chi connectivity index (χ4v) is 2.30. The van der Waals surface area contributed by atoms with Crippen LogP contribution in [0, 0.1) is 0 Å². The minimum absolute atomic E-state index is 0.521. The van der Waals surface area contributed by atoms with Crippen LogP contribution >= 0.6 is 0 Å². The molecule has 0 aliphatic rings. The molecule has 1 N–H and O–H groups in total. The summed E-state index contributed by atoms with van der Waals surface area (Å²) in [4.78, 5) is 0. The maximum atomic E-state index is 4.15. The van der Waals surface area contributed by atoms with Crippen LogP contribution in [-0.2, 0) is 19.4 Å². The molecule has 0 bridgehead atoms. The lowest BCUT2D eigenvalue weighted by atomic mass is 10.1. The van der Waals surface area contributed by atoms with Gasteiger partial charge in [0.05, 0.1) is 0 Å². The quantitative estimate of drug-likeness (QED) is 0.802. The Balaban J connectivity index is 1.66. The van der Waals surface area contributed by atoms with E-state index in [-0.39, 0.29) is 0 Å². The second-order valence-electron chi connectivity index (χ2n) is 5.16. The van der Waals surface area contributed by atoms with E-state index in [0.717, 1.165) is 38.2 Å². The first-order valence-corrected chi connectivity index (χ1v) is 7.43. The monoisotopic (exact) mass is 272 g/mol. The minimum Gasteiger partial charge on any atom is -0.318 e. The fraction of sp³-hybridized carbons (Fsp3) is 0.500. The first-order chi connectivity index (χ1) is 9.79. The number of nitrogens with zero attached hydrogens (tertiary/aromatic N) is 3. The van der Waals surface area contributed by atoms with Gasteiger partial charge in [-0.2, -0.15) is 0 Å². The van der Waals surface area contributed by atoms with Gasteiger partial charge in [0.2, 0.25) is 0 Å². The van der Waals surface area contributed by atoms with Gasteiger partial charge in [0.15, 0.2) is 0 Å². The molecular formula is C16H24N4. The summed E-state index contributed by atoms with van der Waals surface area (Å²) in [5, 5.41) is 11.7. The van der Waals surface area contributed by atoms with Crippen molar-refractivity contribution in [1.29, 1.82) is 0 Å². The van der Waals surface area contributed by atoms with E-state index in [1.165, 1.54) is 5.56 Å². The number of nitrogens with one attached hydrogen (secondary N) is 1. The highest BCUT2D eigenvalue weighted by Gasteiger charge is 2.05. The Labute approximate surface area is 121 Å². The molecule has 0 unspecified atom stereocenters. The topological polar surface area (TPSA) is 42.7 Å². The zero-order valence-electron chi connectivity index (χ0n) is 12.4. The molecule has 1 aromatic carbocycles. The number of benzene rings is 1. The van der Waals surface area contributed by atoms with Crippen LogP contribution in [0.3, 0.4) is 0 Å². The molecule has 2 aromatic rings. The number of hydrogen-bond donors (Lipinski definition) is 1. The molecule has 1 atom stereocenters. The lowest BCUT2D eigenvalue weighted by molar-refractivity contribution is 0.509. The molecule has 0 saturated heterocycles. The Hall–Kier alpha value is -1.68. The molecule has 0 amide bonds. The molecule has 4 nitrogen and oxygen atoms in total. The first kappa shape index (κ1) is 14.7. The summed E-state index contributed by atoms with van der Waals surface area (Å²) in [7, 11) is 0. The van der Waals surface area contributed by atoms with Crippen LogP contribution in [0.2, 0.25) is 0 Å². The van der Waals surface area contributed by atoms with E-state index >= 15 is 0 Å². The van der Waals surface area contributed by atoms with Crippen molar-refractivity contribution < 1.29 is 0 Å². The highest BCUT2D eigenvalue weighted by Crippen LogP contribution is 2.05. The summed E-state index contributed by atoms with van der Waals surface area (Å²) < 4.78 is 2.09. The zero-order valence-corrected chi connectivity index (χ0v) is 12.4. The van der Waals surface area contributed by atoms with Crippen molar-refractivity contribution in [3.05, 3.63) is 48.0 Å². The van der Waals surface area contributed by atoms with Gasteiger partial charge in [0, 0.05) is 25.6 Å². The SMILES string of the molecule is CCn1cnnc1CCN[C@H](C)CCc1ccccc1. The Kier molecular flexibility index (Phi) is 5.74. The van der Waals surface area contributed by atoms with Crippen molar-refractivity contribution >= 4 is 0 Å². The highest BCUT2D eigenvalue weighted by atomic mass is 15.3. The van der Waals surface area contributed by atoms with Crippen LogP contribution in [0.15, 0.2) is 36.7 Å². The summed E-state index contributed by atoms with van der Waals surface area (Å²) in [6.45, 7) is 6.25. The molecule has 0 radical (unpaired) electrons. The second-order valence-corrected chi connectivity index (χ2v) is 5.16. The molecule has 2 rings (SSSR count). The Bertz CT molecular complexity index is 492. The fourth-order valence-electron chi connectivity index (χ4n) is 2.30. The maximum absolute atomic E-state index is 4.15. The van der Waals surface area contributed by atoms with Crippen molar-refractivity contribution in [2.75, 3.05) is 6.54 Å². The van der Waals surface area contributed by atoms with Gasteiger partial charge in [-0.25, -0.2) is 0 Å².